The average molecular weight is 367 g/mol. The van der Waals surface area contributed by atoms with E-state index in [0.717, 1.165) is 27.9 Å². The van der Waals surface area contributed by atoms with E-state index in [2.05, 4.69) is 24.5 Å². The molecule has 2 aromatic rings. The second-order valence-corrected chi connectivity index (χ2v) is 7.88. The fraction of sp³-hybridized carbons (Fsp3) is 0.391. The zero-order valence-corrected chi connectivity index (χ0v) is 17.1. The molecule has 0 aliphatic carbocycles. The van der Waals surface area contributed by atoms with E-state index in [-0.39, 0.29) is 17.7 Å². The van der Waals surface area contributed by atoms with Crippen molar-refractivity contribution in [2.45, 2.75) is 54.0 Å². The Balaban J connectivity index is 2.13. The predicted molar refractivity (Wildman–Crippen MR) is 111 cm³/mol. The molecule has 0 bridgehead atoms. The van der Waals surface area contributed by atoms with Crippen LogP contribution in [0.15, 0.2) is 42.5 Å². The van der Waals surface area contributed by atoms with Crippen LogP contribution in [0.4, 0.5) is 5.69 Å². The van der Waals surface area contributed by atoms with E-state index in [1.54, 1.807) is 13.8 Å². The molecule has 2 rings (SSSR count). The van der Waals surface area contributed by atoms with Gasteiger partial charge in [0.1, 0.15) is 5.41 Å². The van der Waals surface area contributed by atoms with Crippen molar-refractivity contribution in [1.82, 2.24) is 5.32 Å². The van der Waals surface area contributed by atoms with Gasteiger partial charge in [-0.15, -0.1) is 0 Å². The molecule has 0 saturated carbocycles. The number of amides is 2. The van der Waals surface area contributed by atoms with Crippen molar-refractivity contribution < 1.29 is 9.59 Å². The predicted octanol–water partition coefficient (Wildman–Crippen LogP) is 4.71. The Labute approximate surface area is 162 Å². The first-order valence-electron chi connectivity index (χ1n) is 9.38. The summed E-state index contributed by atoms with van der Waals surface area (Å²) < 4.78 is 0. The Hall–Kier alpha value is -2.62. The van der Waals surface area contributed by atoms with Crippen molar-refractivity contribution in [3.8, 4) is 0 Å². The maximum absolute atomic E-state index is 12.9. The summed E-state index contributed by atoms with van der Waals surface area (Å²) in [6.07, 6.45) is 0. The number of aryl methyl sites for hydroxylation is 2. The molecule has 0 fully saturated rings. The van der Waals surface area contributed by atoms with Gasteiger partial charge in [0, 0.05) is 12.2 Å². The summed E-state index contributed by atoms with van der Waals surface area (Å²) in [4.78, 5) is 25.6. The zero-order valence-electron chi connectivity index (χ0n) is 17.1. The Morgan fingerprint density at radius 2 is 1.56 bits per heavy atom. The highest BCUT2D eigenvalue weighted by Gasteiger charge is 2.36. The summed E-state index contributed by atoms with van der Waals surface area (Å²) in [5.41, 5.74) is 3.84. The van der Waals surface area contributed by atoms with Crippen molar-refractivity contribution in [1.29, 1.82) is 0 Å². The molecule has 4 nitrogen and oxygen atoms in total. The minimum atomic E-state index is -1.18. The summed E-state index contributed by atoms with van der Waals surface area (Å²) >= 11 is 0. The van der Waals surface area contributed by atoms with E-state index in [9.17, 15) is 9.59 Å². The second kappa shape index (κ2) is 8.38. The third-order valence-corrected chi connectivity index (χ3v) is 5.00. The quantitative estimate of drug-likeness (QED) is 0.728. The van der Waals surface area contributed by atoms with E-state index >= 15 is 0 Å². The van der Waals surface area contributed by atoms with Gasteiger partial charge < -0.3 is 10.6 Å². The lowest BCUT2D eigenvalue weighted by molar-refractivity contribution is -0.138. The Bertz CT molecular complexity index is 838. The highest BCUT2D eigenvalue weighted by molar-refractivity contribution is 6.10. The maximum atomic E-state index is 12.9. The van der Waals surface area contributed by atoms with Crippen molar-refractivity contribution in [3.63, 3.8) is 0 Å². The molecule has 0 aromatic heterocycles. The number of anilines is 1. The molecule has 27 heavy (non-hydrogen) atoms. The minimum absolute atomic E-state index is 0.276. The van der Waals surface area contributed by atoms with Gasteiger partial charge in [0.25, 0.3) is 0 Å². The molecule has 0 aliphatic rings. The molecule has 2 amide bonds. The van der Waals surface area contributed by atoms with Gasteiger partial charge in [-0.2, -0.15) is 0 Å². The number of nitrogens with one attached hydrogen (secondary N) is 2. The lowest BCUT2D eigenvalue weighted by Crippen LogP contribution is -2.45. The van der Waals surface area contributed by atoms with Crippen LogP contribution >= 0.6 is 0 Å². The van der Waals surface area contributed by atoms with Crippen molar-refractivity contribution in [2.75, 3.05) is 5.32 Å². The largest absolute Gasteiger partial charge is 0.351 e. The number of rotatable bonds is 6. The summed E-state index contributed by atoms with van der Waals surface area (Å²) in [6.45, 7) is 11.9. The van der Waals surface area contributed by atoms with E-state index in [4.69, 9.17) is 0 Å². The van der Waals surface area contributed by atoms with Gasteiger partial charge in [-0.05, 0) is 55.9 Å². The van der Waals surface area contributed by atoms with Crippen LogP contribution in [-0.2, 0) is 16.1 Å². The van der Waals surface area contributed by atoms with Gasteiger partial charge in [0.2, 0.25) is 11.8 Å². The fourth-order valence-corrected chi connectivity index (χ4v) is 2.92. The molecule has 144 valence electrons. The van der Waals surface area contributed by atoms with E-state index < -0.39 is 5.41 Å². The van der Waals surface area contributed by atoms with Crippen LogP contribution in [0.5, 0.6) is 0 Å². The highest BCUT2D eigenvalue weighted by atomic mass is 16.2. The van der Waals surface area contributed by atoms with Crippen molar-refractivity contribution >= 4 is 17.5 Å². The van der Waals surface area contributed by atoms with Crippen LogP contribution in [0.25, 0.3) is 0 Å². The number of hydrogen-bond acceptors (Lipinski definition) is 2. The summed E-state index contributed by atoms with van der Waals surface area (Å²) in [5.74, 6) is -0.317. The normalized spacial score (nSPS) is 11.4. The van der Waals surface area contributed by atoms with E-state index in [1.165, 1.54) is 0 Å². The Kier molecular flexibility index (Phi) is 6.42. The van der Waals surface area contributed by atoms with Gasteiger partial charge in [-0.25, -0.2) is 0 Å². The SMILES string of the molecule is Cc1ccccc1CNC(=O)C(C)(C)C(=O)Nc1c(C)cccc1C(C)C. The standard InChI is InChI=1S/C23H30N2O2/c1-15(2)19-13-9-11-17(4)20(19)25-22(27)23(5,6)21(26)24-14-18-12-8-7-10-16(18)3/h7-13,15H,14H2,1-6H3,(H,24,26)(H,25,27). The summed E-state index contributed by atoms with van der Waals surface area (Å²) in [6, 6.07) is 13.9. The first-order chi connectivity index (χ1) is 12.6. The zero-order chi connectivity index (χ0) is 20.2. The molecule has 0 spiro atoms. The smallest absolute Gasteiger partial charge is 0.239 e. The van der Waals surface area contributed by atoms with E-state index in [0.29, 0.717) is 6.54 Å². The third-order valence-electron chi connectivity index (χ3n) is 5.00. The number of carbonyl (C=O) groups is 2. The van der Waals surface area contributed by atoms with Gasteiger partial charge in [0.15, 0.2) is 0 Å². The first kappa shape index (κ1) is 20.7. The van der Waals surface area contributed by atoms with Crippen LogP contribution in [0.3, 0.4) is 0 Å². The lowest BCUT2D eigenvalue weighted by Gasteiger charge is -2.25. The molecule has 2 N–H and O–H groups in total. The van der Waals surface area contributed by atoms with Crippen LogP contribution in [0.2, 0.25) is 0 Å². The second-order valence-electron chi connectivity index (χ2n) is 7.88. The number of carbonyl (C=O) groups excluding carboxylic acids is 2. The average Bonchev–Trinajstić information content (AvgIpc) is 2.62. The Morgan fingerprint density at radius 1 is 0.926 bits per heavy atom. The van der Waals surface area contributed by atoms with Gasteiger partial charge in [-0.3, -0.25) is 9.59 Å². The van der Waals surface area contributed by atoms with Crippen LogP contribution in [-0.4, -0.2) is 11.8 Å². The fourth-order valence-electron chi connectivity index (χ4n) is 2.92. The van der Waals surface area contributed by atoms with Crippen LogP contribution in [0, 0.1) is 19.3 Å². The summed E-state index contributed by atoms with van der Waals surface area (Å²) in [5, 5.41) is 5.89. The number of benzene rings is 2. The molecular weight excluding hydrogens is 336 g/mol. The molecule has 4 heteroatoms. The molecule has 0 aliphatic heterocycles. The first-order valence-corrected chi connectivity index (χ1v) is 9.38. The molecule has 2 aromatic carbocycles. The van der Waals surface area contributed by atoms with Gasteiger partial charge in [0.05, 0.1) is 0 Å². The summed E-state index contributed by atoms with van der Waals surface area (Å²) in [7, 11) is 0. The molecule has 0 unspecified atom stereocenters. The molecule has 0 atom stereocenters. The number of para-hydroxylation sites is 1. The van der Waals surface area contributed by atoms with Gasteiger partial charge >= 0.3 is 0 Å². The van der Waals surface area contributed by atoms with E-state index in [1.807, 2.05) is 56.3 Å². The van der Waals surface area contributed by atoms with Crippen LogP contribution in [0.1, 0.15) is 55.9 Å². The molecular formula is C23H30N2O2. The van der Waals surface area contributed by atoms with Crippen molar-refractivity contribution in [3.05, 3.63) is 64.7 Å². The minimum Gasteiger partial charge on any atom is -0.351 e. The topological polar surface area (TPSA) is 58.2 Å². The van der Waals surface area contributed by atoms with Gasteiger partial charge in [-0.1, -0.05) is 56.3 Å². The molecule has 0 radical (unpaired) electrons. The maximum Gasteiger partial charge on any atom is 0.239 e. The lowest BCUT2D eigenvalue weighted by atomic mass is 9.89. The highest BCUT2D eigenvalue weighted by Crippen LogP contribution is 2.29. The monoisotopic (exact) mass is 366 g/mol. The molecule has 0 heterocycles. The number of hydrogen-bond donors (Lipinski definition) is 2. The van der Waals surface area contributed by atoms with Crippen LogP contribution < -0.4 is 10.6 Å². The Morgan fingerprint density at radius 3 is 2.19 bits per heavy atom. The molecule has 0 saturated heterocycles. The third kappa shape index (κ3) is 4.76. The van der Waals surface area contributed by atoms with Crippen molar-refractivity contribution in [2.24, 2.45) is 5.41 Å².